The van der Waals surface area contributed by atoms with Gasteiger partial charge in [0.2, 0.25) is 15.9 Å². The van der Waals surface area contributed by atoms with Crippen molar-refractivity contribution in [3.05, 3.63) is 46.8 Å². The van der Waals surface area contributed by atoms with Gasteiger partial charge in [-0.15, -0.1) is 0 Å². The van der Waals surface area contributed by atoms with Crippen molar-refractivity contribution in [3.8, 4) is 0 Å². The van der Waals surface area contributed by atoms with Crippen molar-refractivity contribution >= 4 is 43.5 Å². The summed E-state index contributed by atoms with van der Waals surface area (Å²) in [4.78, 5) is 23.3. The smallest absolute Gasteiger partial charge is 0.287 e. The number of furan rings is 1. The quantitative estimate of drug-likeness (QED) is 0.688. The Labute approximate surface area is 140 Å². The summed E-state index contributed by atoms with van der Waals surface area (Å²) in [6.45, 7) is -0.270. The van der Waals surface area contributed by atoms with Gasteiger partial charge < -0.3 is 15.1 Å². The Morgan fingerprint density at radius 2 is 1.78 bits per heavy atom. The van der Waals surface area contributed by atoms with Crippen LogP contribution in [0.4, 0.5) is 5.69 Å². The molecule has 23 heavy (non-hydrogen) atoms. The molecule has 2 aromatic rings. The summed E-state index contributed by atoms with van der Waals surface area (Å²) in [6, 6.07) is 8.34. The highest BCUT2D eigenvalue weighted by Gasteiger charge is 2.12. The van der Waals surface area contributed by atoms with E-state index < -0.39 is 21.8 Å². The Kier molecular flexibility index (Phi) is 5.19. The highest BCUT2D eigenvalue weighted by atomic mass is 79.9. The highest BCUT2D eigenvalue weighted by molar-refractivity contribution is 9.10. The van der Waals surface area contributed by atoms with Crippen molar-refractivity contribution in [1.29, 1.82) is 0 Å². The van der Waals surface area contributed by atoms with Gasteiger partial charge in [0.05, 0.1) is 11.4 Å². The second-order valence-electron chi connectivity index (χ2n) is 4.40. The minimum atomic E-state index is -3.78. The van der Waals surface area contributed by atoms with Crippen molar-refractivity contribution in [2.45, 2.75) is 4.90 Å². The van der Waals surface area contributed by atoms with Crippen LogP contribution < -0.4 is 15.8 Å². The van der Waals surface area contributed by atoms with Crippen LogP contribution in [0.3, 0.4) is 0 Å². The van der Waals surface area contributed by atoms with Crippen molar-refractivity contribution in [3.63, 3.8) is 0 Å². The van der Waals surface area contributed by atoms with E-state index in [4.69, 9.17) is 9.56 Å². The van der Waals surface area contributed by atoms with Crippen LogP contribution in [0.1, 0.15) is 10.6 Å². The predicted molar refractivity (Wildman–Crippen MR) is 85.2 cm³/mol. The van der Waals surface area contributed by atoms with Crippen molar-refractivity contribution < 1.29 is 22.4 Å². The maximum Gasteiger partial charge on any atom is 0.287 e. The van der Waals surface area contributed by atoms with Crippen molar-refractivity contribution in [2.75, 3.05) is 11.9 Å². The Hall–Kier alpha value is -2.17. The van der Waals surface area contributed by atoms with E-state index >= 15 is 0 Å². The summed E-state index contributed by atoms with van der Waals surface area (Å²) in [6.07, 6.45) is 0. The third-order valence-electron chi connectivity index (χ3n) is 2.67. The molecule has 0 spiro atoms. The van der Waals surface area contributed by atoms with E-state index in [0.717, 1.165) is 0 Å². The summed E-state index contributed by atoms with van der Waals surface area (Å²) >= 11 is 3.07. The largest absolute Gasteiger partial charge is 0.444 e. The zero-order chi connectivity index (χ0) is 17.0. The summed E-state index contributed by atoms with van der Waals surface area (Å²) in [7, 11) is -3.78. The number of nitrogens with one attached hydrogen (secondary N) is 2. The van der Waals surface area contributed by atoms with Gasteiger partial charge in [-0.25, -0.2) is 13.6 Å². The van der Waals surface area contributed by atoms with E-state index in [2.05, 4.69) is 26.6 Å². The topological polar surface area (TPSA) is 132 Å². The number of hydrogen-bond acceptors (Lipinski definition) is 5. The van der Waals surface area contributed by atoms with Crippen LogP contribution in [0.15, 0.2) is 50.4 Å². The van der Waals surface area contributed by atoms with Crippen LogP contribution >= 0.6 is 15.9 Å². The number of nitrogens with two attached hydrogens (primary N) is 1. The van der Waals surface area contributed by atoms with Crippen LogP contribution in [0.25, 0.3) is 0 Å². The lowest BCUT2D eigenvalue weighted by molar-refractivity contribution is -0.115. The second kappa shape index (κ2) is 6.94. The van der Waals surface area contributed by atoms with E-state index in [-0.39, 0.29) is 17.2 Å². The summed E-state index contributed by atoms with van der Waals surface area (Å²) < 4.78 is 27.7. The number of carbonyl (C=O) groups is 2. The number of halogens is 1. The number of amides is 2. The predicted octanol–water partition coefficient (Wildman–Crippen LogP) is 1.06. The van der Waals surface area contributed by atoms with Crippen LogP contribution in [0.5, 0.6) is 0 Å². The molecule has 0 atom stereocenters. The Bertz CT molecular complexity index is 830. The fourth-order valence-corrected chi connectivity index (χ4v) is 2.44. The first-order valence-electron chi connectivity index (χ1n) is 6.22. The maximum atomic E-state index is 11.7. The van der Waals surface area contributed by atoms with E-state index in [1.54, 1.807) is 6.07 Å². The molecule has 0 fully saturated rings. The maximum absolute atomic E-state index is 11.7. The molecule has 0 radical (unpaired) electrons. The lowest BCUT2D eigenvalue weighted by atomic mass is 10.3. The third-order valence-corrected chi connectivity index (χ3v) is 4.03. The van der Waals surface area contributed by atoms with Gasteiger partial charge in [0.15, 0.2) is 10.4 Å². The number of primary sulfonamides is 1. The van der Waals surface area contributed by atoms with Gasteiger partial charge >= 0.3 is 0 Å². The lowest BCUT2D eigenvalue weighted by Crippen LogP contribution is -2.32. The number of hydrogen-bond donors (Lipinski definition) is 3. The van der Waals surface area contributed by atoms with Crippen molar-refractivity contribution in [1.82, 2.24) is 5.32 Å². The minimum absolute atomic E-state index is 0.0628. The standard InChI is InChI=1S/C13H12BrN3O5S/c14-11-6-5-10(22-11)13(19)16-7-12(18)17-8-1-3-9(4-2-8)23(15,20)21/h1-6H,7H2,(H,16,19)(H,17,18)(H2,15,20,21). The van der Waals surface area contributed by atoms with Gasteiger partial charge in [-0.2, -0.15) is 0 Å². The Balaban J connectivity index is 1.88. The monoisotopic (exact) mass is 401 g/mol. The first-order chi connectivity index (χ1) is 10.8. The fraction of sp³-hybridized carbons (Fsp3) is 0.0769. The van der Waals surface area contributed by atoms with Crippen LogP contribution in [0.2, 0.25) is 0 Å². The number of benzene rings is 1. The molecule has 8 nitrogen and oxygen atoms in total. The zero-order valence-electron chi connectivity index (χ0n) is 11.6. The number of rotatable bonds is 5. The molecule has 4 N–H and O–H groups in total. The van der Waals surface area contributed by atoms with Gasteiger partial charge in [-0.1, -0.05) is 0 Å². The molecule has 10 heteroatoms. The average Bonchev–Trinajstić information content (AvgIpc) is 2.91. The Morgan fingerprint density at radius 3 is 2.30 bits per heavy atom. The zero-order valence-corrected chi connectivity index (χ0v) is 14.0. The molecular weight excluding hydrogens is 390 g/mol. The number of sulfonamides is 1. The molecule has 1 heterocycles. The molecule has 2 rings (SSSR count). The molecule has 122 valence electrons. The lowest BCUT2D eigenvalue weighted by Gasteiger charge is -2.06. The van der Waals surface area contributed by atoms with E-state index in [0.29, 0.717) is 10.4 Å². The summed E-state index contributed by atoms with van der Waals surface area (Å²) in [5.41, 5.74) is 0.373. The first kappa shape index (κ1) is 17.2. The number of anilines is 1. The van der Waals surface area contributed by atoms with Crippen LogP contribution in [-0.4, -0.2) is 26.8 Å². The van der Waals surface area contributed by atoms with Crippen LogP contribution in [-0.2, 0) is 14.8 Å². The van der Waals surface area contributed by atoms with Crippen LogP contribution in [0, 0.1) is 0 Å². The molecule has 1 aromatic heterocycles. The molecule has 2 amide bonds. The molecule has 0 aliphatic rings. The minimum Gasteiger partial charge on any atom is -0.444 e. The Morgan fingerprint density at radius 1 is 1.13 bits per heavy atom. The van der Waals surface area contributed by atoms with Crippen molar-refractivity contribution in [2.24, 2.45) is 5.14 Å². The molecule has 1 aromatic carbocycles. The summed E-state index contributed by atoms with van der Waals surface area (Å²) in [5, 5.41) is 9.86. The molecule has 0 aliphatic heterocycles. The van der Waals surface area contributed by atoms with E-state index in [1.807, 2.05) is 0 Å². The van der Waals surface area contributed by atoms with E-state index in [1.165, 1.54) is 30.3 Å². The van der Waals surface area contributed by atoms with Gasteiger partial charge in [-0.3, -0.25) is 9.59 Å². The third kappa shape index (κ3) is 4.91. The van der Waals surface area contributed by atoms with Gasteiger partial charge in [0.1, 0.15) is 0 Å². The SMILES string of the molecule is NS(=O)(=O)c1ccc(NC(=O)CNC(=O)c2ccc(Br)o2)cc1. The molecule has 0 unspecified atom stereocenters. The normalized spacial score (nSPS) is 11.0. The molecule has 0 saturated carbocycles. The number of carbonyl (C=O) groups excluding carboxylic acids is 2. The van der Waals surface area contributed by atoms with Gasteiger partial charge in [0, 0.05) is 5.69 Å². The van der Waals surface area contributed by atoms with Gasteiger partial charge in [-0.05, 0) is 52.3 Å². The second-order valence-corrected chi connectivity index (χ2v) is 6.75. The fourth-order valence-electron chi connectivity index (χ4n) is 1.62. The highest BCUT2D eigenvalue weighted by Crippen LogP contribution is 2.14. The first-order valence-corrected chi connectivity index (χ1v) is 8.56. The van der Waals surface area contributed by atoms with Gasteiger partial charge in [0.25, 0.3) is 5.91 Å². The molecular formula is C13H12BrN3O5S. The molecule has 0 saturated heterocycles. The average molecular weight is 402 g/mol. The molecule has 0 bridgehead atoms. The summed E-state index contributed by atoms with van der Waals surface area (Å²) in [5.74, 6) is -0.940. The molecule has 0 aliphatic carbocycles. The van der Waals surface area contributed by atoms with E-state index in [9.17, 15) is 18.0 Å².